The Labute approximate surface area is 433 Å². The fourth-order valence-electron chi connectivity index (χ4n) is 18.8. The summed E-state index contributed by atoms with van der Waals surface area (Å²) in [6.45, 7) is 9.77. The third kappa shape index (κ3) is 7.81. The topological polar surface area (TPSA) is 330 Å². The summed E-state index contributed by atoms with van der Waals surface area (Å²) in [5, 5.41) is 107. The molecule has 22 unspecified atom stereocenters. The van der Waals surface area contributed by atoms with Gasteiger partial charge >= 0.3 is 5.97 Å². The van der Waals surface area contributed by atoms with Crippen LogP contribution in [-0.4, -0.2) is 153 Å². The van der Waals surface area contributed by atoms with Crippen molar-refractivity contribution < 1.29 is 65.0 Å². The number of aromatic amines is 2. The fourth-order valence-corrected chi connectivity index (χ4v) is 18.8. The van der Waals surface area contributed by atoms with Crippen LogP contribution in [0.3, 0.4) is 0 Å². The lowest BCUT2D eigenvalue weighted by atomic mass is 9.30. The molecule has 2 aromatic rings. The van der Waals surface area contributed by atoms with E-state index < -0.39 is 118 Å². The molecule has 22 atom stereocenters. The molecule has 2 aromatic heterocycles. The number of rotatable bonds is 14. The highest BCUT2D eigenvalue weighted by molar-refractivity contribution is 5.86. The van der Waals surface area contributed by atoms with Gasteiger partial charge in [-0.25, -0.2) is 9.97 Å². The molecule has 1 spiro atoms. The maximum Gasteiger partial charge on any atom is 0.312 e. The van der Waals surface area contributed by atoms with Crippen LogP contribution in [0.4, 0.5) is 0 Å². The first kappa shape index (κ1) is 54.0. The summed E-state index contributed by atoms with van der Waals surface area (Å²) in [5.74, 6) is -3.92. The molecule has 4 heterocycles. The van der Waals surface area contributed by atoms with Crippen molar-refractivity contribution in [3.63, 3.8) is 0 Å². The molecule has 6 aliphatic carbocycles. The number of allylic oxidation sites excluding steroid dienone is 2. The van der Waals surface area contributed by atoms with Crippen molar-refractivity contribution in [2.24, 2.45) is 79.1 Å². The summed E-state index contributed by atoms with van der Waals surface area (Å²) in [5.41, 5.74) is 2.23. The zero-order chi connectivity index (χ0) is 53.1. The molecule has 0 bridgehead atoms. The zero-order valence-electron chi connectivity index (χ0n) is 43.8. The maximum atomic E-state index is 14.9. The van der Waals surface area contributed by atoms with Gasteiger partial charge in [0.1, 0.15) is 30.0 Å². The van der Waals surface area contributed by atoms with Crippen molar-refractivity contribution in [2.75, 3.05) is 19.8 Å². The Morgan fingerprint density at radius 2 is 1.61 bits per heavy atom. The van der Waals surface area contributed by atoms with Gasteiger partial charge in [-0.15, -0.1) is 0 Å². The number of carboxylic acids is 1. The van der Waals surface area contributed by atoms with E-state index in [0.29, 0.717) is 57.8 Å². The van der Waals surface area contributed by atoms with E-state index in [1.165, 1.54) is 0 Å². The molecular formula is C55H84N6O13. The van der Waals surface area contributed by atoms with Crippen LogP contribution in [0, 0.1) is 73.4 Å². The second-order valence-electron chi connectivity index (χ2n) is 26.0. The Bertz CT molecular complexity index is 2380. The normalized spacial score (nSPS) is 47.4. The predicted molar refractivity (Wildman–Crippen MR) is 267 cm³/mol. The number of aliphatic carboxylic acids is 1. The molecular weight excluding hydrogens is 953 g/mol. The maximum absolute atomic E-state index is 14.9. The van der Waals surface area contributed by atoms with Crippen molar-refractivity contribution in [3.8, 4) is 0 Å². The number of nitrogens with two attached hydrogens (primary N) is 1. The highest BCUT2D eigenvalue weighted by Crippen LogP contribution is 2.79. The van der Waals surface area contributed by atoms with Crippen molar-refractivity contribution in [2.45, 2.75) is 186 Å². The number of aromatic nitrogens is 4. The van der Waals surface area contributed by atoms with E-state index in [1.807, 2.05) is 13.8 Å². The van der Waals surface area contributed by atoms with E-state index in [4.69, 9.17) is 15.2 Å². The Morgan fingerprint density at radius 3 is 2.24 bits per heavy atom. The monoisotopic (exact) mass is 1040 g/mol. The number of fused-ring (bicyclic) bond motifs is 7. The van der Waals surface area contributed by atoms with Crippen LogP contribution in [0.15, 0.2) is 36.7 Å². The lowest BCUT2D eigenvalue weighted by molar-refractivity contribution is -0.341. The Hall–Kier alpha value is -3.34. The van der Waals surface area contributed by atoms with Crippen LogP contribution in [0.2, 0.25) is 0 Å². The molecule has 0 radical (unpaired) electrons. The Morgan fingerprint density at radius 1 is 0.892 bits per heavy atom. The third-order valence-corrected chi connectivity index (χ3v) is 22.8. The van der Waals surface area contributed by atoms with Gasteiger partial charge in [-0.2, -0.15) is 0 Å². The van der Waals surface area contributed by atoms with Crippen molar-refractivity contribution >= 4 is 11.9 Å². The van der Waals surface area contributed by atoms with Gasteiger partial charge in [0.05, 0.1) is 49.6 Å². The summed E-state index contributed by atoms with van der Waals surface area (Å²) in [4.78, 5) is 44.3. The molecule has 0 aromatic carbocycles. The van der Waals surface area contributed by atoms with Crippen molar-refractivity contribution in [1.29, 1.82) is 0 Å². The molecule has 19 nitrogen and oxygen atoms in total. The number of imidazole rings is 2. The van der Waals surface area contributed by atoms with Crippen molar-refractivity contribution in [3.05, 3.63) is 48.1 Å². The molecule has 7 fully saturated rings. The van der Waals surface area contributed by atoms with Gasteiger partial charge in [0, 0.05) is 47.8 Å². The minimum atomic E-state index is -1.67. The highest BCUT2D eigenvalue weighted by atomic mass is 16.7. The van der Waals surface area contributed by atoms with Crippen LogP contribution in [0.1, 0.15) is 135 Å². The van der Waals surface area contributed by atoms with E-state index in [9.17, 15) is 55.5 Å². The fraction of sp³-hybridized carbons (Fsp3) is 0.818. The largest absolute Gasteiger partial charge is 0.481 e. The van der Waals surface area contributed by atoms with Gasteiger partial charge in [0.2, 0.25) is 5.91 Å². The summed E-state index contributed by atoms with van der Waals surface area (Å²) in [6.07, 6.45) is 4.87. The van der Waals surface area contributed by atoms with Crippen LogP contribution < -0.4 is 11.1 Å². The lowest BCUT2D eigenvalue weighted by Gasteiger charge is -2.75. The first-order valence-electron chi connectivity index (χ1n) is 27.5. The van der Waals surface area contributed by atoms with Crippen LogP contribution in [0.25, 0.3) is 0 Å². The van der Waals surface area contributed by atoms with E-state index in [-0.39, 0.29) is 68.0 Å². The minimum absolute atomic E-state index is 0.0457. The number of amides is 1. The molecule has 2 saturated heterocycles. The average molecular weight is 1040 g/mol. The third-order valence-electron chi connectivity index (χ3n) is 22.8. The summed E-state index contributed by atoms with van der Waals surface area (Å²) < 4.78 is 12.7. The first-order valence-corrected chi connectivity index (χ1v) is 27.5. The number of hydrogen-bond donors (Lipinski definition) is 13. The van der Waals surface area contributed by atoms with Crippen LogP contribution in [0.5, 0.6) is 0 Å². The molecule has 14 N–H and O–H groups in total. The van der Waals surface area contributed by atoms with Gasteiger partial charge in [-0.1, -0.05) is 59.1 Å². The number of aliphatic hydroxyl groups excluding tert-OH is 8. The summed E-state index contributed by atoms with van der Waals surface area (Å²) >= 11 is 0. The van der Waals surface area contributed by atoms with Gasteiger partial charge in [0.15, 0.2) is 6.29 Å². The number of nitrogens with one attached hydrogen (secondary N) is 3. The number of H-pyrrole nitrogens is 2. The minimum Gasteiger partial charge on any atom is -0.481 e. The van der Waals surface area contributed by atoms with E-state index in [2.05, 4.69) is 52.1 Å². The summed E-state index contributed by atoms with van der Waals surface area (Å²) in [7, 11) is 0. The number of hydrogen-bond acceptors (Lipinski definition) is 15. The van der Waals surface area contributed by atoms with Gasteiger partial charge in [-0.05, 0) is 134 Å². The molecule has 2 aliphatic heterocycles. The second kappa shape index (κ2) is 19.2. The molecule has 8 aliphatic rings. The summed E-state index contributed by atoms with van der Waals surface area (Å²) in [6, 6.07) is -0.468. The number of carbonyl (C=O) groups is 2. The van der Waals surface area contributed by atoms with Crippen molar-refractivity contribution in [1.82, 2.24) is 25.3 Å². The van der Waals surface area contributed by atoms with Crippen LogP contribution >= 0.6 is 0 Å². The van der Waals surface area contributed by atoms with E-state index >= 15 is 0 Å². The SMILES string of the molecule is CC1(CO)CC(O)C2(C(=O)O)CC(Cc3cnc[nH]3)C3(C)C(=CCC4C5(C)C(CC6C(C(CCC(N)O)c7cnc[nH]7)NC(=O)C67CCCC7)C(O)C(OC6OCC(O)C(O)C6O)C(C)(CO)C5CCC43C)C2C1. The molecule has 412 valence electrons. The average Bonchev–Trinajstić information content (AvgIpc) is 4.21. The number of aliphatic hydroxyl groups is 8. The number of nitrogens with zero attached hydrogens (tertiary/aromatic N) is 2. The number of ether oxygens (including phenoxy) is 2. The lowest BCUT2D eigenvalue weighted by Crippen LogP contribution is -2.73. The highest BCUT2D eigenvalue weighted by Gasteiger charge is 2.76. The predicted octanol–water partition coefficient (Wildman–Crippen LogP) is 2.63. The number of carbonyl (C=O) groups excluding carboxylic acids is 1. The van der Waals surface area contributed by atoms with Gasteiger partial charge in [0.25, 0.3) is 0 Å². The quantitative estimate of drug-likeness (QED) is 0.0735. The Kier molecular flexibility index (Phi) is 14.0. The molecule has 10 rings (SSSR count). The first-order chi connectivity index (χ1) is 35.0. The molecule has 74 heavy (non-hydrogen) atoms. The smallest absolute Gasteiger partial charge is 0.312 e. The number of carboxylic acid groups (broad SMARTS) is 1. The van der Waals surface area contributed by atoms with Crippen LogP contribution in [-0.2, 0) is 25.5 Å². The second-order valence-corrected chi connectivity index (χ2v) is 26.0. The van der Waals surface area contributed by atoms with E-state index in [1.54, 1.807) is 25.0 Å². The van der Waals surface area contributed by atoms with E-state index in [0.717, 1.165) is 29.8 Å². The zero-order valence-corrected chi connectivity index (χ0v) is 43.8. The standard InChI is InChI=1S/C55H84N6O13/c1-49(24-62)19-34-31-9-10-38-51(3,53(31,5)28(16-29-21-57-26-59-29)18-55(34,48(71)72)39(65)20-49)15-12-37-50(2,25-63)45(74-46-44(69)43(68)36(64)23-73-46)42(67)33(52(37,38)4)17-32-41(61-47(70)54(32)13-6-7-14-54)30(8-11-40(56)66)35-22-58-27-60-35/h9,21-22,26-28,30,32-34,36-46,62-69H,6-8,10-20,23-25,56H2,1-5H3,(H,57,59)(H,58,60)(H,61,70)(H,71,72). The molecule has 5 saturated carbocycles. The Balaban J connectivity index is 1.15. The van der Waals surface area contributed by atoms with Gasteiger partial charge < -0.3 is 76.5 Å². The van der Waals surface area contributed by atoms with Gasteiger partial charge in [-0.3, -0.25) is 9.59 Å². The molecule has 1 amide bonds. The molecule has 19 heteroatoms.